The molecule has 0 aromatic carbocycles. The molecule has 4 nitrogen and oxygen atoms in total. The number of halogens is 2. The van der Waals surface area contributed by atoms with E-state index in [1.807, 2.05) is 6.92 Å². The Bertz CT molecular complexity index is 374. The van der Waals surface area contributed by atoms with Crippen LogP contribution in [0, 0.1) is 5.92 Å². The van der Waals surface area contributed by atoms with Gasteiger partial charge in [0.1, 0.15) is 11.6 Å². The lowest BCUT2D eigenvalue weighted by Crippen LogP contribution is -2.08. The third-order valence-corrected chi connectivity index (χ3v) is 3.03. The van der Waals surface area contributed by atoms with Crippen LogP contribution in [0.1, 0.15) is 19.8 Å². The van der Waals surface area contributed by atoms with Gasteiger partial charge >= 0.3 is 0 Å². The van der Waals surface area contributed by atoms with Gasteiger partial charge in [-0.3, -0.25) is 0 Å². The van der Waals surface area contributed by atoms with Crippen LogP contribution in [0.3, 0.4) is 0 Å². The van der Waals surface area contributed by atoms with E-state index in [4.69, 9.17) is 34.0 Å². The number of anilines is 2. The number of aromatic nitrogens is 1. The topological polar surface area (TPSA) is 71.2 Å². The van der Waals surface area contributed by atoms with Crippen molar-refractivity contribution in [3.05, 3.63) is 16.1 Å². The molecule has 96 valence electrons. The van der Waals surface area contributed by atoms with Gasteiger partial charge in [-0.25, -0.2) is 4.98 Å². The maximum atomic E-state index is 8.88. The number of pyridine rings is 1. The first-order valence-electron chi connectivity index (χ1n) is 5.50. The molecule has 1 aromatic heterocycles. The second-order valence-corrected chi connectivity index (χ2v) is 4.86. The highest BCUT2D eigenvalue weighted by molar-refractivity contribution is 6.37. The molecule has 0 fully saturated rings. The molecule has 1 unspecified atom stereocenters. The Hall–Kier alpha value is -0.710. The number of nitrogen functional groups attached to an aromatic ring is 1. The molecule has 17 heavy (non-hydrogen) atoms. The summed E-state index contributed by atoms with van der Waals surface area (Å²) in [5.41, 5.74) is 5.59. The van der Waals surface area contributed by atoms with Crippen molar-refractivity contribution in [2.45, 2.75) is 19.8 Å². The van der Waals surface area contributed by atoms with Gasteiger partial charge in [-0.2, -0.15) is 0 Å². The van der Waals surface area contributed by atoms with Crippen LogP contribution in [0.2, 0.25) is 10.0 Å². The van der Waals surface area contributed by atoms with Crippen LogP contribution >= 0.6 is 23.2 Å². The first kappa shape index (κ1) is 14.4. The number of rotatable bonds is 6. The molecule has 0 aliphatic heterocycles. The second kappa shape index (κ2) is 6.89. The maximum absolute atomic E-state index is 8.88. The minimum atomic E-state index is 0.215. The van der Waals surface area contributed by atoms with Gasteiger partial charge in [0, 0.05) is 13.2 Å². The van der Waals surface area contributed by atoms with E-state index in [-0.39, 0.29) is 12.4 Å². The molecule has 1 atom stereocenters. The Kier molecular flexibility index (Phi) is 5.82. The zero-order valence-corrected chi connectivity index (χ0v) is 11.2. The molecule has 0 radical (unpaired) electrons. The maximum Gasteiger partial charge on any atom is 0.147 e. The van der Waals surface area contributed by atoms with E-state index in [2.05, 4.69) is 10.3 Å². The smallest absolute Gasteiger partial charge is 0.147 e. The average Bonchev–Trinajstić information content (AvgIpc) is 2.30. The summed E-state index contributed by atoms with van der Waals surface area (Å²) < 4.78 is 0. The molecule has 0 amide bonds. The zero-order chi connectivity index (χ0) is 12.8. The van der Waals surface area contributed by atoms with Crippen LogP contribution in [0.15, 0.2) is 6.07 Å². The molecule has 0 bridgehead atoms. The number of hydrogen-bond donors (Lipinski definition) is 3. The van der Waals surface area contributed by atoms with Crippen molar-refractivity contribution in [1.29, 1.82) is 0 Å². The molecule has 1 aromatic rings. The van der Waals surface area contributed by atoms with Crippen LogP contribution in [-0.4, -0.2) is 23.2 Å². The highest BCUT2D eigenvalue weighted by Gasteiger charge is 2.06. The first-order valence-corrected chi connectivity index (χ1v) is 6.26. The number of aliphatic hydroxyl groups excluding tert-OH is 1. The van der Waals surface area contributed by atoms with Gasteiger partial charge in [-0.05, 0) is 24.8 Å². The quantitative estimate of drug-likeness (QED) is 0.700. The van der Waals surface area contributed by atoms with E-state index in [0.717, 1.165) is 19.4 Å². The first-order chi connectivity index (χ1) is 8.04. The predicted octanol–water partition coefficient (Wildman–Crippen LogP) is 2.79. The van der Waals surface area contributed by atoms with Gasteiger partial charge in [0.15, 0.2) is 0 Å². The van der Waals surface area contributed by atoms with Crippen molar-refractivity contribution < 1.29 is 5.11 Å². The van der Waals surface area contributed by atoms with E-state index in [9.17, 15) is 0 Å². The fraction of sp³-hybridized carbons (Fsp3) is 0.545. The number of aliphatic hydroxyl groups is 1. The van der Waals surface area contributed by atoms with Gasteiger partial charge in [0.05, 0.1) is 10.0 Å². The number of nitrogens with two attached hydrogens (primary N) is 1. The minimum absolute atomic E-state index is 0.215. The molecule has 1 rings (SSSR count). The highest BCUT2D eigenvalue weighted by atomic mass is 35.5. The fourth-order valence-electron chi connectivity index (χ4n) is 1.35. The van der Waals surface area contributed by atoms with Crippen LogP contribution in [0.4, 0.5) is 11.6 Å². The predicted molar refractivity (Wildman–Crippen MR) is 72.6 cm³/mol. The lowest BCUT2D eigenvalue weighted by Gasteiger charge is -2.10. The molecule has 0 spiro atoms. The van der Waals surface area contributed by atoms with Crippen molar-refractivity contribution >= 4 is 34.8 Å². The summed E-state index contributed by atoms with van der Waals surface area (Å²) in [6, 6.07) is 1.57. The standard InChI is InChI=1S/C11H17Cl2N3O/c1-7(6-17)3-2-4-15-11-9(13)5-8(12)10(14)16-11/h5,7,17H,2-4,6H2,1H3,(H3,14,15,16). The van der Waals surface area contributed by atoms with Crippen LogP contribution in [0.5, 0.6) is 0 Å². The molecular weight excluding hydrogens is 261 g/mol. The molecule has 0 saturated carbocycles. The Morgan fingerprint density at radius 2 is 2.18 bits per heavy atom. The van der Waals surface area contributed by atoms with Gasteiger partial charge < -0.3 is 16.2 Å². The number of nitrogens with one attached hydrogen (secondary N) is 1. The van der Waals surface area contributed by atoms with Crippen molar-refractivity contribution in [2.24, 2.45) is 5.92 Å². The molecule has 0 aliphatic carbocycles. The second-order valence-electron chi connectivity index (χ2n) is 4.04. The normalized spacial score (nSPS) is 12.5. The molecular formula is C11H17Cl2N3O. The Morgan fingerprint density at radius 1 is 1.47 bits per heavy atom. The summed E-state index contributed by atoms with van der Waals surface area (Å²) in [6.45, 7) is 2.95. The summed E-state index contributed by atoms with van der Waals surface area (Å²) in [7, 11) is 0. The monoisotopic (exact) mass is 277 g/mol. The largest absolute Gasteiger partial charge is 0.396 e. The number of hydrogen-bond acceptors (Lipinski definition) is 4. The third-order valence-electron chi connectivity index (χ3n) is 2.43. The van der Waals surface area contributed by atoms with Crippen molar-refractivity contribution in [2.75, 3.05) is 24.2 Å². The average molecular weight is 278 g/mol. The molecule has 4 N–H and O–H groups in total. The summed E-state index contributed by atoms with van der Waals surface area (Å²) in [6.07, 6.45) is 1.88. The lowest BCUT2D eigenvalue weighted by molar-refractivity contribution is 0.229. The summed E-state index contributed by atoms with van der Waals surface area (Å²) in [5.74, 6) is 1.13. The van der Waals surface area contributed by atoms with Crippen LogP contribution in [-0.2, 0) is 0 Å². The Morgan fingerprint density at radius 3 is 2.82 bits per heavy atom. The van der Waals surface area contributed by atoms with E-state index < -0.39 is 0 Å². The molecule has 0 aliphatic rings. The van der Waals surface area contributed by atoms with E-state index >= 15 is 0 Å². The summed E-state index contributed by atoms with van der Waals surface area (Å²) in [4.78, 5) is 4.06. The minimum Gasteiger partial charge on any atom is -0.396 e. The lowest BCUT2D eigenvalue weighted by atomic mass is 10.1. The van der Waals surface area contributed by atoms with Crippen molar-refractivity contribution in [3.63, 3.8) is 0 Å². The van der Waals surface area contributed by atoms with E-state index in [1.165, 1.54) is 0 Å². The van der Waals surface area contributed by atoms with E-state index in [0.29, 0.717) is 21.8 Å². The van der Waals surface area contributed by atoms with E-state index in [1.54, 1.807) is 6.07 Å². The van der Waals surface area contributed by atoms with Crippen LogP contribution in [0.25, 0.3) is 0 Å². The fourth-order valence-corrected chi connectivity index (χ4v) is 1.78. The molecule has 0 saturated heterocycles. The highest BCUT2D eigenvalue weighted by Crippen LogP contribution is 2.27. The Balaban J connectivity index is 2.44. The van der Waals surface area contributed by atoms with Crippen molar-refractivity contribution in [3.8, 4) is 0 Å². The molecule has 6 heteroatoms. The number of nitrogens with zero attached hydrogens (tertiary/aromatic N) is 1. The Labute approximate surface area is 111 Å². The van der Waals surface area contributed by atoms with Gasteiger partial charge in [-0.15, -0.1) is 0 Å². The van der Waals surface area contributed by atoms with Crippen molar-refractivity contribution in [1.82, 2.24) is 4.98 Å². The van der Waals surface area contributed by atoms with Gasteiger partial charge in [0.2, 0.25) is 0 Å². The summed E-state index contributed by atoms with van der Waals surface area (Å²) >= 11 is 11.7. The van der Waals surface area contributed by atoms with Crippen LogP contribution < -0.4 is 11.1 Å². The molecule has 1 heterocycles. The van der Waals surface area contributed by atoms with Gasteiger partial charge in [-0.1, -0.05) is 30.1 Å². The SMILES string of the molecule is CC(CO)CCCNc1nc(N)c(Cl)cc1Cl. The summed E-state index contributed by atoms with van der Waals surface area (Å²) in [5, 5.41) is 12.8. The zero-order valence-electron chi connectivity index (χ0n) is 9.71. The van der Waals surface area contributed by atoms with Gasteiger partial charge in [0.25, 0.3) is 0 Å². The third kappa shape index (κ3) is 4.58.